The summed E-state index contributed by atoms with van der Waals surface area (Å²) >= 11 is -3.55. The van der Waals surface area contributed by atoms with Crippen LogP contribution in [0.2, 0.25) is 255 Å². The smallest absolute Gasteiger partial charge is 0 e. The largest absolute Gasteiger partial charge is 0 e. The minimum atomic E-state index is -1.78. The zero-order valence-corrected chi connectivity index (χ0v) is 67.1. The molecule has 0 aliphatic heterocycles. The van der Waals surface area contributed by atoms with E-state index >= 15 is 0 Å². The zero-order chi connectivity index (χ0) is 46.6. The average molecular weight is 1230 g/mol. The Morgan fingerprint density at radius 3 is 0.246 bits per heavy atom. The summed E-state index contributed by atoms with van der Waals surface area (Å²) in [5.41, 5.74) is 0. The van der Waals surface area contributed by atoms with Gasteiger partial charge in [0, 0.05) is 37.7 Å². The summed E-state index contributed by atoms with van der Waals surface area (Å²) in [5.74, 6) is 0. The molecule has 0 aromatic carbocycles. The fraction of sp³-hybridized carbons (Fsp3) is 1.00. The molecule has 0 rings (SSSR count). The molecule has 0 aromatic heterocycles. The van der Waals surface area contributed by atoms with Crippen molar-refractivity contribution in [3.63, 3.8) is 0 Å². The van der Waals surface area contributed by atoms with Crippen molar-refractivity contribution in [2.24, 2.45) is 0 Å². The molecular weight excluding hydrogens is 1120 g/mol. The fourth-order valence-corrected chi connectivity index (χ4v) is 251. The summed E-state index contributed by atoms with van der Waals surface area (Å²) in [7, 11) is -14.3. The molecule has 0 spiro atoms. The maximum Gasteiger partial charge on any atom is 0 e. The van der Waals surface area contributed by atoms with E-state index in [-0.39, 0.29) is 37.7 Å². The van der Waals surface area contributed by atoms with Crippen molar-refractivity contribution in [1.29, 1.82) is 0 Å². The molecule has 0 aromatic rings. The van der Waals surface area contributed by atoms with Crippen LogP contribution in [-0.4, -0.2) is 174 Å². The van der Waals surface area contributed by atoms with E-state index < -0.39 is 136 Å². The van der Waals surface area contributed by atoms with Gasteiger partial charge in [-0.2, -0.15) is 0 Å². The van der Waals surface area contributed by atoms with Crippen LogP contribution >= 0.6 is 0 Å². The summed E-state index contributed by atoms with van der Waals surface area (Å²) in [6.45, 7) is 99.8. The molecular formula is C42H114CaSi12Sn2. The molecule has 0 aliphatic carbocycles. The first-order valence-electron chi connectivity index (χ1n) is 23.2. The minimum absolute atomic E-state index is 0. The van der Waals surface area contributed by atoms with E-state index in [1.165, 1.54) is 19.1 Å². The van der Waals surface area contributed by atoms with E-state index in [1.807, 2.05) is 0 Å². The Kier molecular flexibility index (Phi) is 25.6. The van der Waals surface area contributed by atoms with Gasteiger partial charge in [0.05, 0.1) is 0 Å². The Labute approximate surface area is 422 Å². The van der Waals surface area contributed by atoms with E-state index in [2.05, 4.69) is 236 Å². The number of hydrogen-bond acceptors (Lipinski definition) is 0. The molecule has 0 fully saturated rings. The first-order valence-corrected chi connectivity index (χ1v) is 76.0. The van der Waals surface area contributed by atoms with Crippen molar-refractivity contribution in [3.8, 4) is 0 Å². The maximum absolute atomic E-state index is 2.77. The number of rotatable bonds is 18. The van der Waals surface area contributed by atoms with Crippen molar-refractivity contribution in [2.75, 3.05) is 0 Å². The molecule has 340 valence electrons. The molecule has 0 amide bonds. The zero-order valence-electron chi connectivity index (χ0n) is 47.2. The third kappa shape index (κ3) is 21.1. The molecule has 0 N–H and O–H groups in total. The molecule has 15 heteroatoms. The summed E-state index contributed by atoms with van der Waals surface area (Å²) in [4.78, 5) is 0. The SMILES string of the molecule is C[Si](C)(C)[CH]([Sn]([CH]([Si](C)(C)C)[Si](C)(C)C)[CH]([Si](C)(C)C)[Si](C)(C)C)[Si](C)(C)C.C[Si](C)(C)[CH]([Sn]([CH]([Si](C)(C)C)[Si](C)(C)C)[CH]([Si](C)(C)C)[Si](C)(C)C)[Si](C)(C)C.[Ca]. The van der Waals surface area contributed by atoms with Gasteiger partial charge in [0.2, 0.25) is 0 Å². The Morgan fingerprint density at radius 1 is 0.158 bits per heavy atom. The Hall–Kier alpha value is 5.46. The average Bonchev–Trinajstić information content (AvgIpc) is 2.66. The summed E-state index contributed by atoms with van der Waals surface area (Å²) in [6.07, 6.45) is 0. The summed E-state index contributed by atoms with van der Waals surface area (Å²) < 4.78 is 7.47. The van der Waals surface area contributed by atoms with E-state index in [0.29, 0.717) is 0 Å². The quantitative estimate of drug-likeness (QED) is 0.120. The topological polar surface area (TPSA) is 0 Å². The minimum Gasteiger partial charge on any atom is 0 e. The number of hydrogen-bond donors (Lipinski definition) is 0. The van der Waals surface area contributed by atoms with Gasteiger partial charge < -0.3 is 0 Å². The molecule has 0 unspecified atom stereocenters. The van der Waals surface area contributed by atoms with Crippen LogP contribution in [0.15, 0.2) is 0 Å². The third-order valence-electron chi connectivity index (χ3n) is 12.4. The molecule has 0 heterocycles. The standard InChI is InChI=1S/6C7H19Si2.Ca.2Sn/c6*1-8(2,3)7-9(4,5)6;;;/h6*7H,1-6H3;;;. The van der Waals surface area contributed by atoms with Crippen LogP contribution in [0.25, 0.3) is 0 Å². The molecule has 4 radical (unpaired) electrons. The molecule has 0 saturated carbocycles. The molecule has 57 heavy (non-hydrogen) atoms. The van der Waals surface area contributed by atoms with Crippen LogP contribution in [0.1, 0.15) is 0 Å². The van der Waals surface area contributed by atoms with Crippen molar-refractivity contribution < 1.29 is 0 Å². The van der Waals surface area contributed by atoms with Gasteiger partial charge in [0.1, 0.15) is 0 Å². The van der Waals surface area contributed by atoms with Gasteiger partial charge in [-0.3, -0.25) is 0 Å². The van der Waals surface area contributed by atoms with Crippen LogP contribution in [0.3, 0.4) is 0 Å². The van der Waals surface area contributed by atoms with Crippen LogP contribution in [0.5, 0.6) is 0 Å². The van der Waals surface area contributed by atoms with Crippen LogP contribution in [0, 0.1) is 0 Å². The van der Waals surface area contributed by atoms with Crippen molar-refractivity contribution in [1.82, 2.24) is 0 Å². The predicted octanol–water partition coefficient (Wildman–Crippen LogP) is 17.3. The second-order valence-corrected chi connectivity index (χ2v) is 135. The van der Waals surface area contributed by atoms with Gasteiger partial charge in [-0.25, -0.2) is 0 Å². The monoisotopic (exact) mass is 1230 g/mol. The van der Waals surface area contributed by atoms with Gasteiger partial charge in [-0.1, -0.05) is 0 Å². The first-order chi connectivity index (χ1) is 23.5. The third-order valence-corrected chi connectivity index (χ3v) is 192. The molecule has 0 aliphatic rings. The second kappa shape index (κ2) is 21.8. The van der Waals surface area contributed by atoms with E-state index in [4.69, 9.17) is 0 Å². The maximum atomic E-state index is 2.77. The normalized spacial score (nSPS) is 15.8. The Balaban J connectivity index is -0.00000101. The van der Waals surface area contributed by atoms with Gasteiger partial charge >= 0.3 is 391 Å². The molecule has 0 saturated heterocycles. The molecule has 0 bridgehead atoms. The predicted molar refractivity (Wildman–Crippen MR) is 320 cm³/mol. The van der Waals surface area contributed by atoms with Gasteiger partial charge in [0.25, 0.3) is 0 Å². The fourth-order valence-electron chi connectivity index (χ4n) is 14.8. The summed E-state index contributed by atoms with van der Waals surface area (Å²) in [6, 6.07) is 0. The van der Waals surface area contributed by atoms with Gasteiger partial charge in [-0.05, 0) is 0 Å². The van der Waals surface area contributed by atoms with Gasteiger partial charge in [0.15, 0.2) is 0 Å². The van der Waals surface area contributed by atoms with Crippen molar-refractivity contribution >= 4 is 174 Å². The Bertz CT molecular complexity index is 879. The van der Waals surface area contributed by atoms with E-state index in [1.54, 1.807) is 0 Å². The Morgan fingerprint density at radius 2 is 0.211 bits per heavy atom. The van der Waals surface area contributed by atoms with Crippen LogP contribution in [-0.2, 0) is 0 Å². The van der Waals surface area contributed by atoms with Crippen LogP contribution < -0.4 is 0 Å². The van der Waals surface area contributed by atoms with Gasteiger partial charge in [-0.15, -0.1) is 0 Å². The van der Waals surface area contributed by atoms with E-state index in [9.17, 15) is 0 Å². The second-order valence-electron chi connectivity index (χ2n) is 32.0. The molecule has 0 nitrogen and oxygen atoms in total. The first kappa shape index (κ1) is 66.7. The summed E-state index contributed by atoms with van der Waals surface area (Å²) in [5, 5.41) is 0. The van der Waals surface area contributed by atoms with Crippen LogP contribution in [0.4, 0.5) is 0 Å². The van der Waals surface area contributed by atoms with E-state index in [0.717, 1.165) is 0 Å². The molecule has 0 atom stereocenters. The van der Waals surface area contributed by atoms with Crippen molar-refractivity contribution in [2.45, 2.75) is 255 Å². The van der Waals surface area contributed by atoms with Crippen molar-refractivity contribution in [3.05, 3.63) is 0 Å².